The fourth-order valence-electron chi connectivity index (χ4n) is 1.41. The van der Waals surface area contributed by atoms with Crippen molar-refractivity contribution in [3.05, 3.63) is 54.8 Å². The number of thiophene rings is 1. The van der Waals surface area contributed by atoms with Gasteiger partial charge in [0.15, 0.2) is 5.78 Å². The van der Waals surface area contributed by atoms with Crippen LogP contribution in [0.1, 0.15) is 15.9 Å². The molecule has 0 amide bonds. The second kappa shape index (κ2) is 5.42. The largest absolute Gasteiger partial charge is 0.294 e. The normalized spacial score (nSPS) is 10.5. The Morgan fingerprint density at radius 3 is 2.71 bits per heavy atom. The maximum atomic E-state index is 13.5. The smallest absolute Gasteiger partial charge is 0.168 e. The van der Waals surface area contributed by atoms with Crippen molar-refractivity contribution in [3.8, 4) is 0 Å². The molecule has 0 aliphatic heterocycles. The molecule has 88 valence electrons. The lowest BCUT2D eigenvalue weighted by molar-refractivity contribution is 0.0992. The van der Waals surface area contributed by atoms with Crippen LogP contribution in [0.3, 0.4) is 0 Å². The van der Waals surface area contributed by atoms with Crippen molar-refractivity contribution in [2.24, 2.45) is 0 Å². The average Bonchev–Trinajstić information content (AvgIpc) is 2.70. The molecule has 2 rings (SSSR count). The van der Waals surface area contributed by atoms with Gasteiger partial charge in [0, 0.05) is 21.8 Å². The zero-order valence-electron chi connectivity index (χ0n) is 8.54. The molecule has 0 saturated heterocycles. The van der Waals surface area contributed by atoms with Crippen molar-refractivity contribution in [1.29, 1.82) is 0 Å². The van der Waals surface area contributed by atoms with Crippen LogP contribution in [0.15, 0.2) is 37.9 Å². The number of carbonyl (C=O) groups excluding carboxylic acids is 1. The van der Waals surface area contributed by atoms with Crippen LogP contribution in [0.5, 0.6) is 0 Å². The first kappa shape index (κ1) is 12.9. The van der Waals surface area contributed by atoms with Gasteiger partial charge < -0.3 is 0 Å². The van der Waals surface area contributed by atoms with Gasteiger partial charge in [-0.3, -0.25) is 4.79 Å². The second-order valence-electron chi connectivity index (χ2n) is 3.48. The molecule has 2 aromatic rings. The summed E-state index contributed by atoms with van der Waals surface area (Å²) < 4.78 is 15.1. The third-order valence-corrected chi connectivity index (χ3v) is 4.25. The first-order chi connectivity index (χ1) is 8.06. The minimum absolute atomic E-state index is 0.0778. The van der Waals surface area contributed by atoms with Crippen LogP contribution in [-0.4, -0.2) is 5.78 Å². The molecule has 0 radical (unpaired) electrons. The third kappa shape index (κ3) is 3.24. The molecule has 1 aromatic carbocycles. The summed E-state index contributed by atoms with van der Waals surface area (Å²) in [7, 11) is 0. The number of ketones is 1. The molecule has 0 fully saturated rings. The highest BCUT2D eigenvalue weighted by Gasteiger charge is 2.12. The Balaban J connectivity index is 2.21. The molecule has 0 aliphatic rings. The van der Waals surface area contributed by atoms with E-state index in [1.807, 2.05) is 0 Å². The standard InChI is InChI=1S/C12H7Br2FOS/c13-9-1-2-10(15)7(3-9)4-11(16)8-5-12(14)17-6-8/h1-3,5-6H,4H2. The van der Waals surface area contributed by atoms with Crippen molar-refractivity contribution < 1.29 is 9.18 Å². The van der Waals surface area contributed by atoms with Crippen LogP contribution in [0.2, 0.25) is 0 Å². The summed E-state index contributed by atoms with van der Waals surface area (Å²) in [5.74, 6) is -0.431. The fourth-order valence-corrected chi connectivity index (χ4v) is 2.98. The summed E-state index contributed by atoms with van der Waals surface area (Å²) in [6.45, 7) is 0. The van der Waals surface area contributed by atoms with Gasteiger partial charge in [0.25, 0.3) is 0 Å². The summed E-state index contributed by atoms with van der Waals surface area (Å²) in [6.07, 6.45) is 0.0778. The highest BCUT2D eigenvalue weighted by Crippen LogP contribution is 2.23. The van der Waals surface area contributed by atoms with Gasteiger partial charge >= 0.3 is 0 Å². The zero-order valence-corrected chi connectivity index (χ0v) is 12.5. The highest BCUT2D eigenvalue weighted by atomic mass is 79.9. The van der Waals surface area contributed by atoms with Crippen molar-refractivity contribution >= 4 is 49.0 Å². The monoisotopic (exact) mass is 376 g/mol. The summed E-state index contributed by atoms with van der Waals surface area (Å²) >= 11 is 8.00. The van der Waals surface area contributed by atoms with Gasteiger partial charge in [-0.1, -0.05) is 15.9 Å². The number of carbonyl (C=O) groups is 1. The van der Waals surface area contributed by atoms with E-state index in [0.717, 1.165) is 8.26 Å². The van der Waals surface area contributed by atoms with E-state index >= 15 is 0 Å². The molecule has 0 spiro atoms. The first-order valence-electron chi connectivity index (χ1n) is 4.77. The van der Waals surface area contributed by atoms with Gasteiger partial charge in [-0.2, -0.15) is 0 Å². The molecule has 0 bridgehead atoms. The van der Waals surface area contributed by atoms with Crippen LogP contribution >= 0.6 is 43.2 Å². The number of hydrogen-bond donors (Lipinski definition) is 0. The summed E-state index contributed by atoms with van der Waals surface area (Å²) in [5.41, 5.74) is 1.02. The van der Waals surface area contributed by atoms with E-state index in [-0.39, 0.29) is 18.0 Å². The minimum atomic E-state index is -0.351. The molecule has 1 heterocycles. The summed E-state index contributed by atoms with van der Waals surface area (Å²) in [6, 6.07) is 6.36. The molecule has 0 atom stereocenters. The SMILES string of the molecule is O=C(Cc1cc(Br)ccc1F)c1csc(Br)c1. The lowest BCUT2D eigenvalue weighted by atomic mass is 10.1. The molecule has 0 saturated carbocycles. The lowest BCUT2D eigenvalue weighted by Gasteiger charge is -2.02. The molecular weight excluding hydrogens is 371 g/mol. The Morgan fingerprint density at radius 1 is 1.29 bits per heavy atom. The Morgan fingerprint density at radius 2 is 2.06 bits per heavy atom. The average molecular weight is 378 g/mol. The van der Waals surface area contributed by atoms with Crippen LogP contribution in [-0.2, 0) is 6.42 Å². The number of Topliss-reactive ketones (excluding diaryl/α,β-unsaturated/α-hetero) is 1. The van der Waals surface area contributed by atoms with Gasteiger partial charge in [-0.05, 0) is 45.8 Å². The van der Waals surface area contributed by atoms with Crippen LogP contribution in [0, 0.1) is 5.82 Å². The van der Waals surface area contributed by atoms with Crippen LogP contribution in [0.4, 0.5) is 4.39 Å². The maximum absolute atomic E-state index is 13.5. The summed E-state index contributed by atoms with van der Waals surface area (Å²) in [4.78, 5) is 11.9. The van der Waals surface area contributed by atoms with Crippen LogP contribution in [0.25, 0.3) is 0 Å². The number of halogens is 3. The van der Waals surface area contributed by atoms with E-state index in [2.05, 4.69) is 31.9 Å². The van der Waals surface area contributed by atoms with Gasteiger partial charge in [0.1, 0.15) is 5.82 Å². The van der Waals surface area contributed by atoms with E-state index in [1.165, 1.54) is 17.4 Å². The number of rotatable bonds is 3. The van der Waals surface area contributed by atoms with Crippen molar-refractivity contribution in [3.63, 3.8) is 0 Å². The van der Waals surface area contributed by atoms with Crippen molar-refractivity contribution in [1.82, 2.24) is 0 Å². The first-order valence-corrected chi connectivity index (χ1v) is 7.24. The molecule has 1 nitrogen and oxygen atoms in total. The molecule has 1 aromatic heterocycles. The Kier molecular flexibility index (Phi) is 4.12. The van der Waals surface area contributed by atoms with Gasteiger partial charge in [-0.25, -0.2) is 4.39 Å². The Labute approximate surface area is 119 Å². The van der Waals surface area contributed by atoms with E-state index in [4.69, 9.17) is 0 Å². The summed E-state index contributed by atoms with van der Waals surface area (Å²) in [5, 5.41) is 1.77. The van der Waals surface area contributed by atoms with Crippen molar-refractivity contribution in [2.75, 3.05) is 0 Å². The predicted molar refractivity (Wildman–Crippen MR) is 74.2 cm³/mol. The van der Waals surface area contributed by atoms with E-state index in [9.17, 15) is 9.18 Å². The molecule has 0 aliphatic carbocycles. The van der Waals surface area contributed by atoms with Gasteiger partial charge in [0.05, 0.1) is 3.79 Å². The number of hydrogen-bond acceptors (Lipinski definition) is 2. The van der Waals surface area contributed by atoms with Gasteiger partial charge in [0.2, 0.25) is 0 Å². The number of benzene rings is 1. The topological polar surface area (TPSA) is 17.1 Å². The molecule has 0 N–H and O–H groups in total. The van der Waals surface area contributed by atoms with E-state index < -0.39 is 0 Å². The fraction of sp³-hybridized carbons (Fsp3) is 0.0833. The minimum Gasteiger partial charge on any atom is -0.294 e. The Bertz CT molecular complexity index is 565. The van der Waals surface area contributed by atoms with E-state index in [1.54, 1.807) is 23.6 Å². The molecule has 17 heavy (non-hydrogen) atoms. The molecular formula is C12H7Br2FOS. The Hall–Kier alpha value is -0.520. The quantitative estimate of drug-likeness (QED) is 0.699. The van der Waals surface area contributed by atoms with E-state index in [0.29, 0.717) is 11.1 Å². The zero-order chi connectivity index (χ0) is 12.4. The third-order valence-electron chi connectivity index (χ3n) is 2.25. The lowest BCUT2D eigenvalue weighted by Crippen LogP contribution is -2.04. The maximum Gasteiger partial charge on any atom is 0.168 e. The second-order valence-corrected chi connectivity index (χ2v) is 6.68. The predicted octanol–water partition coefficient (Wildman–Crippen LogP) is 4.84. The van der Waals surface area contributed by atoms with Crippen LogP contribution < -0.4 is 0 Å². The van der Waals surface area contributed by atoms with Gasteiger partial charge in [-0.15, -0.1) is 11.3 Å². The molecule has 5 heteroatoms. The van der Waals surface area contributed by atoms with Crippen molar-refractivity contribution in [2.45, 2.75) is 6.42 Å². The molecule has 0 unspecified atom stereocenters. The highest BCUT2D eigenvalue weighted by molar-refractivity contribution is 9.11.